The van der Waals surface area contributed by atoms with Crippen LogP contribution in [0.25, 0.3) is 10.1 Å². The molecule has 0 spiro atoms. The molecule has 0 amide bonds. The molecule has 1 atom stereocenters. The molecule has 1 saturated heterocycles. The molecule has 20 heavy (non-hydrogen) atoms. The van der Waals surface area contributed by atoms with Crippen LogP contribution < -0.4 is 10.3 Å². The maximum atomic E-state index is 12.8. The highest BCUT2D eigenvalue weighted by molar-refractivity contribution is 7.16. The quantitative estimate of drug-likeness (QED) is 0.819. The fourth-order valence-electron chi connectivity index (χ4n) is 3.18. The number of aryl methyl sites for hydroxylation is 1. The Hall–Kier alpha value is -1.35. The molecule has 2 heterocycles. The predicted octanol–water partition coefficient (Wildman–Crippen LogP) is 4.34. The maximum absolute atomic E-state index is 12.8. The average Bonchev–Trinajstić information content (AvgIpc) is 2.48. The van der Waals surface area contributed by atoms with Gasteiger partial charge in [0.2, 0.25) is 5.43 Å². The van der Waals surface area contributed by atoms with E-state index in [9.17, 15) is 4.79 Å². The molecule has 0 N–H and O–H groups in total. The average molecular weight is 287 g/mol. The summed E-state index contributed by atoms with van der Waals surface area (Å²) < 4.78 is 1.09. The topological polar surface area (TPSA) is 20.3 Å². The standard InChI is InChI=1S/C17H21NOS/c1-3-13-6-4-5-9-18(13)15-11-20-16-8-7-12(2)10-14(16)17(15)19/h7-8,10-11,13H,3-6,9H2,1-2H3. The van der Waals surface area contributed by atoms with Crippen LogP contribution in [0.1, 0.15) is 38.2 Å². The van der Waals surface area contributed by atoms with Crippen molar-refractivity contribution < 1.29 is 0 Å². The van der Waals surface area contributed by atoms with Crippen LogP contribution in [0.5, 0.6) is 0 Å². The van der Waals surface area contributed by atoms with E-state index in [1.807, 2.05) is 13.0 Å². The minimum Gasteiger partial charge on any atom is -0.365 e. The molecule has 1 aliphatic heterocycles. The van der Waals surface area contributed by atoms with E-state index in [0.717, 1.165) is 34.3 Å². The summed E-state index contributed by atoms with van der Waals surface area (Å²) >= 11 is 1.69. The molecule has 0 aliphatic carbocycles. The van der Waals surface area contributed by atoms with Gasteiger partial charge in [0.25, 0.3) is 0 Å². The first kappa shape index (κ1) is 13.6. The third-order valence-corrected chi connectivity index (χ3v) is 5.27. The number of benzene rings is 1. The first-order valence-electron chi connectivity index (χ1n) is 7.49. The highest BCUT2D eigenvalue weighted by Gasteiger charge is 2.23. The zero-order valence-corrected chi connectivity index (χ0v) is 13.0. The molecule has 1 fully saturated rings. The number of nitrogens with zero attached hydrogens (tertiary/aromatic N) is 1. The second-order valence-corrected chi connectivity index (χ2v) is 6.61. The molecular weight excluding hydrogens is 266 g/mol. The molecule has 0 bridgehead atoms. The summed E-state index contributed by atoms with van der Waals surface area (Å²) in [6.07, 6.45) is 4.83. The molecule has 1 aromatic heterocycles. The van der Waals surface area contributed by atoms with Crippen LogP contribution in [-0.2, 0) is 0 Å². The van der Waals surface area contributed by atoms with Crippen LogP contribution in [0, 0.1) is 6.92 Å². The van der Waals surface area contributed by atoms with Gasteiger partial charge in [-0.05, 0) is 44.7 Å². The van der Waals surface area contributed by atoms with Gasteiger partial charge in [0, 0.05) is 28.1 Å². The van der Waals surface area contributed by atoms with Crippen molar-refractivity contribution in [1.82, 2.24) is 0 Å². The number of fused-ring (bicyclic) bond motifs is 1. The Morgan fingerprint density at radius 1 is 1.35 bits per heavy atom. The van der Waals surface area contributed by atoms with E-state index in [2.05, 4.69) is 29.3 Å². The lowest BCUT2D eigenvalue weighted by atomic mass is 9.99. The van der Waals surface area contributed by atoms with Crippen LogP contribution >= 0.6 is 11.3 Å². The van der Waals surface area contributed by atoms with E-state index < -0.39 is 0 Å². The Bertz CT molecular complexity index is 676. The van der Waals surface area contributed by atoms with Crippen LogP contribution in [0.2, 0.25) is 0 Å². The van der Waals surface area contributed by atoms with Crippen molar-refractivity contribution in [3.63, 3.8) is 0 Å². The smallest absolute Gasteiger partial charge is 0.211 e. The Morgan fingerprint density at radius 2 is 2.20 bits per heavy atom. The molecular formula is C17H21NOS. The van der Waals surface area contributed by atoms with E-state index in [1.54, 1.807) is 11.3 Å². The van der Waals surface area contributed by atoms with Crippen molar-refractivity contribution in [2.45, 2.75) is 45.6 Å². The summed E-state index contributed by atoms with van der Waals surface area (Å²) in [6, 6.07) is 6.70. The van der Waals surface area contributed by atoms with Crippen molar-refractivity contribution in [3.8, 4) is 0 Å². The summed E-state index contributed by atoms with van der Waals surface area (Å²) in [4.78, 5) is 15.2. The molecule has 0 radical (unpaired) electrons. The van der Waals surface area contributed by atoms with Gasteiger partial charge in [0.1, 0.15) is 0 Å². The third kappa shape index (κ3) is 2.35. The van der Waals surface area contributed by atoms with E-state index >= 15 is 0 Å². The molecule has 1 unspecified atom stereocenters. The van der Waals surface area contributed by atoms with Gasteiger partial charge in [-0.1, -0.05) is 18.6 Å². The van der Waals surface area contributed by atoms with Crippen LogP contribution in [0.15, 0.2) is 28.4 Å². The lowest BCUT2D eigenvalue weighted by Gasteiger charge is -2.36. The van der Waals surface area contributed by atoms with Crippen molar-refractivity contribution in [2.75, 3.05) is 11.4 Å². The zero-order chi connectivity index (χ0) is 14.1. The highest BCUT2D eigenvalue weighted by atomic mass is 32.1. The van der Waals surface area contributed by atoms with E-state index in [1.165, 1.54) is 19.3 Å². The summed E-state index contributed by atoms with van der Waals surface area (Å²) in [5, 5.41) is 2.95. The maximum Gasteiger partial charge on any atom is 0.211 e. The molecule has 3 heteroatoms. The zero-order valence-electron chi connectivity index (χ0n) is 12.2. The summed E-state index contributed by atoms with van der Waals surface area (Å²) in [7, 11) is 0. The molecule has 2 nitrogen and oxygen atoms in total. The summed E-state index contributed by atoms with van der Waals surface area (Å²) in [5.41, 5.74) is 2.28. The monoisotopic (exact) mass is 287 g/mol. The van der Waals surface area contributed by atoms with Crippen molar-refractivity contribution >= 4 is 27.1 Å². The van der Waals surface area contributed by atoms with Gasteiger partial charge in [0.15, 0.2) is 0 Å². The fraction of sp³-hybridized carbons (Fsp3) is 0.471. The van der Waals surface area contributed by atoms with Gasteiger partial charge < -0.3 is 4.90 Å². The molecule has 2 aromatic rings. The Balaban J connectivity index is 2.11. The van der Waals surface area contributed by atoms with Gasteiger partial charge in [-0.25, -0.2) is 0 Å². The fourth-order valence-corrected chi connectivity index (χ4v) is 4.08. The van der Waals surface area contributed by atoms with Gasteiger partial charge >= 0.3 is 0 Å². The lowest BCUT2D eigenvalue weighted by Crippen LogP contribution is -2.41. The van der Waals surface area contributed by atoms with E-state index in [4.69, 9.17) is 0 Å². The molecule has 3 rings (SSSR count). The first-order chi connectivity index (χ1) is 9.70. The van der Waals surface area contributed by atoms with E-state index in [-0.39, 0.29) is 5.43 Å². The molecule has 0 saturated carbocycles. The largest absolute Gasteiger partial charge is 0.365 e. The second-order valence-electron chi connectivity index (χ2n) is 5.70. The van der Waals surface area contributed by atoms with Crippen molar-refractivity contribution in [1.29, 1.82) is 0 Å². The minimum absolute atomic E-state index is 0.211. The number of hydrogen-bond donors (Lipinski definition) is 0. The number of anilines is 1. The summed E-state index contributed by atoms with van der Waals surface area (Å²) in [6.45, 7) is 5.30. The first-order valence-corrected chi connectivity index (χ1v) is 8.37. The van der Waals surface area contributed by atoms with Crippen LogP contribution in [-0.4, -0.2) is 12.6 Å². The van der Waals surface area contributed by atoms with Gasteiger partial charge in [-0.3, -0.25) is 4.79 Å². The number of rotatable bonds is 2. The normalized spacial score (nSPS) is 19.5. The van der Waals surface area contributed by atoms with Gasteiger partial charge in [-0.2, -0.15) is 0 Å². The SMILES string of the molecule is CCC1CCCCN1c1csc2ccc(C)cc2c1=O. The number of piperidine rings is 1. The Morgan fingerprint density at radius 3 is 3.00 bits per heavy atom. The lowest BCUT2D eigenvalue weighted by molar-refractivity contribution is 0.449. The Labute approximate surface area is 124 Å². The molecule has 1 aliphatic rings. The third-order valence-electron chi connectivity index (χ3n) is 4.32. The molecule has 1 aromatic carbocycles. The van der Waals surface area contributed by atoms with E-state index in [0.29, 0.717) is 6.04 Å². The summed E-state index contributed by atoms with van der Waals surface area (Å²) in [5.74, 6) is 0. The molecule has 106 valence electrons. The van der Waals surface area contributed by atoms with Crippen molar-refractivity contribution in [3.05, 3.63) is 39.4 Å². The van der Waals surface area contributed by atoms with Crippen LogP contribution in [0.3, 0.4) is 0 Å². The van der Waals surface area contributed by atoms with Crippen molar-refractivity contribution in [2.24, 2.45) is 0 Å². The highest BCUT2D eigenvalue weighted by Crippen LogP contribution is 2.28. The Kier molecular flexibility index (Phi) is 3.79. The second kappa shape index (κ2) is 5.57. The van der Waals surface area contributed by atoms with Crippen LogP contribution in [0.4, 0.5) is 5.69 Å². The van der Waals surface area contributed by atoms with Gasteiger partial charge in [-0.15, -0.1) is 11.3 Å². The van der Waals surface area contributed by atoms with Gasteiger partial charge in [0.05, 0.1) is 5.69 Å². The minimum atomic E-state index is 0.211. The predicted molar refractivity (Wildman–Crippen MR) is 88.1 cm³/mol. The number of hydrogen-bond acceptors (Lipinski definition) is 3.